The fourth-order valence-electron chi connectivity index (χ4n) is 1.47. The third kappa shape index (κ3) is 2.26. The van der Waals surface area contributed by atoms with Gasteiger partial charge < -0.3 is 4.89 Å². The van der Waals surface area contributed by atoms with E-state index in [9.17, 15) is 0 Å². The quantitative estimate of drug-likeness (QED) is 0.586. The van der Waals surface area contributed by atoms with Gasteiger partial charge in [0.25, 0.3) is 0 Å². The van der Waals surface area contributed by atoms with E-state index in [-0.39, 0.29) is 0 Å². The summed E-state index contributed by atoms with van der Waals surface area (Å²) in [6.45, 7) is 8.39. The summed E-state index contributed by atoms with van der Waals surface area (Å²) in [5.41, 5.74) is 2.22. The highest BCUT2D eigenvalue weighted by Gasteiger charge is 2.10. The van der Waals surface area contributed by atoms with Crippen molar-refractivity contribution in [3.05, 3.63) is 29.3 Å². The molecule has 0 aliphatic rings. The first-order valence-corrected chi connectivity index (χ1v) is 5.01. The van der Waals surface area contributed by atoms with Crippen LogP contribution in [-0.4, -0.2) is 5.26 Å². The van der Waals surface area contributed by atoms with Crippen molar-refractivity contribution in [1.29, 1.82) is 0 Å². The predicted octanol–water partition coefficient (Wildman–Crippen LogP) is 3.79. The van der Waals surface area contributed by atoms with E-state index in [1.165, 1.54) is 5.56 Å². The van der Waals surface area contributed by atoms with Gasteiger partial charge in [0.1, 0.15) is 0 Å². The molecule has 0 unspecified atom stereocenters. The van der Waals surface area contributed by atoms with Crippen LogP contribution in [0.1, 0.15) is 50.7 Å². The Morgan fingerprint density at radius 1 is 1.07 bits per heavy atom. The minimum atomic E-state index is 0.360. The average molecular weight is 194 g/mol. The molecule has 0 aromatic heterocycles. The Kier molecular flexibility index (Phi) is 3.53. The van der Waals surface area contributed by atoms with E-state index >= 15 is 0 Å². The lowest BCUT2D eigenvalue weighted by Crippen LogP contribution is -1.97. The Morgan fingerprint density at radius 2 is 1.71 bits per heavy atom. The zero-order valence-electron chi connectivity index (χ0n) is 9.24. The van der Waals surface area contributed by atoms with Crippen LogP contribution in [0.15, 0.2) is 18.2 Å². The number of hydrogen-bond donors (Lipinski definition) is 1. The Morgan fingerprint density at radius 3 is 2.14 bits per heavy atom. The highest BCUT2D eigenvalue weighted by Crippen LogP contribution is 2.29. The molecule has 0 amide bonds. The van der Waals surface area contributed by atoms with Gasteiger partial charge in [0, 0.05) is 5.56 Å². The van der Waals surface area contributed by atoms with Gasteiger partial charge in [-0.05, 0) is 23.5 Å². The second-order valence-electron chi connectivity index (χ2n) is 4.20. The molecule has 14 heavy (non-hydrogen) atoms. The normalized spacial score (nSPS) is 11.1. The van der Waals surface area contributed by atoms with Crippen molar-refractivity contribution in [3.8, 4) is 5.75 Å². The molecule has 0 saturated carbocycles. The van der Waals surface area contributed by atoms with Gasteiger partial charge in [0.05, 0.1) is 0 Å². The summed E-state index contributed by atoms with van der Waals surface area (Å²) in [7, 11) is 0. The molecular weight excluding hydrogens is 176 g/mol. The summed E-state index contributed by atoms with van der Waals surface area (Å²) in [5.74, 6) is 1.38. The van der Waals surface area contributed by atoms with Crippen molar-refractivity contribution in [3.63, 3.8) is 0 Å². The van der Waals surface area contributed by atoms with Crippen LogP contribution in [0.3, 0.4) is 0 Å². The molecule has 1 aromatic rings. The molecule has 2 heteroatoms. The van der Waals surface area contributed by atoms with E-state index in [1.54, 1.807) is 0 Å². The van der Waals surface area contributed by atoms with Gasteiger partial charge in [0.2, 0.25) is 0 Å². The summed E-state index contributed by atoms with van der Waals surface area (Å²) in [6.07, 6.45) is 0. The van der Waals surface area contributed by atoms with Gasteiger partial charge in [-0.2, -0.15) is 0 Å². The summed E-state index contributed by atoms with van der Waals surface area (Å²) in [5, 5.41) is 8.77. The molecule has 1 rings (SSSR count). The Labute approximate surface area is 85.5 Å². The fourth-order valence-corrected chi connectivity index (χ4v) is 1.47. The van der Waals surface area contributed by atoms with Crippen LogP contribution in [0.2, 0.25) is 0 Å². The van der Waals surface area contributed by atoms with Crippen molar-refractivity contribution in [2.24, 2.45) is 0 Å². The molecule has 78 valence electrons. The average Bonchev–Trinajstić information content (AvgIpc) is 2.16. The zero-order valence-corrected chi connectivity index (χ0v) is 9.24. The monoisotopic (exact) mass is 194 g/mol. The predicted molar refractivity (Wildman–Crippen MR) is 57.9 cm³/mol. The molecule has 0 saturated heterocycles. The number of rotatable bonds is 3. The lowest BCUT2D eigenvalue weighted by Gasteiger charge is -2.13. The minimum Gasteiger partial charge on any atom is -0.340 e. The van der Waals surface area contributed by atoms with E-state index in [4.69, 9.17) is 5.26 Å². The summed E-state index contributed by atoms with van der Waals surface area (Å²) < 4.78 is 0. The van der Waals surface area contributed by atoms with Gasteiger partial charge in [0.15, 0.2) is 5.75 Å². The van der Waals surface area contributed by atoms with E-state index < -0.39 is 0 Å². The van der Waals surface area contributed by atoms with Crippen molar-refractivity contribution in [1.82, 2.24) is 0 Å². The Hall–Kier alpha value is -1.02. The van der Waals surface area contributed by atoms with E-state index in [1.807, 2.05) is 12.1 Å². The molecule has 1 aromatic carbocycles. The van der Waals surface area contributed by atoms with Crippen molar-refractivity contribution in [2.45, 2.75) is 39.5 Å². The third-order valence-corrected chi connectivity index (χ3v) is 2.42. The van der Waals surface area contributed by atoms with Crippen LogP contribution in [0.4, 0.5) is 0 Å². The molecule has 0 atom stereocenters. The van der Waals surface area contributed by atoms with Crippen molar-refractivity contribution in [2.75, 3.05) is 0 Å². The molecule has 0 radical (unpaired) electrons. The van der Waals surface area contributed by atoms with Gasteiger partial charge in [-0.15, -0.1) is 0 Å². The number of hydrogen-bond acceptors (Lipinski definition) is 2. The Balaban J connectivity index is 3.11. The van der Waals surface area contributed by atoms with Gasteiger partial charge in [-0.3, -0.25) is 0 Å². The first kappa shape index (κ1) is 11.1. The second kappa shape index (κ2) is 4.47. The first-order chi connectivity index (χ1) is 6.56. The van der Waals surface area contributed by atoms with Crippen LogP contribution >= 0.6 is 0 Å². The van der Waals surface area contributed by atoms with Crippen molar-refractivity contribution < 1.29 is 10.1 Å². The number of benzene rings is 1. The maximum absolute atomic E-state index is 8.77. The topological polar surface area (TPSA) is 29.5 Å². The van der Waals surface area contributed by atoms with Crippen LogP contribution in [0.5, 0.6) is 5.75 Å². The smallest absolute Gasteiger partial charge is 0.168 e. The molecule has 0 fully saturated rings. The first-order valence-electron chi connectivity index (χ1n) is 5.01. The minimum absolute atomic E-state index is 0.360. The Bertz CT molecular complexity index is 303. The largest absolute Gasteiger partial charge is 0.340 e. The highest BCUT2D eigenvalue weighted by atomic mass is 17.1. The fraction of sp³-hybridized carbons (Fsp3) is 0.500. The molecule has 0 aliphatic carbocycles. The summed E-state index contributed by atoms with van der Waals surface area (Å²) >= 11 is 0. The molecule has 0 bridgehead atoms. The molecule has 2 nitrogen and oxygen atoms in total. The van der Waals surface area contributed by atoms with E-state index in [0.717, 1.165) is 5.56 Å². The van der Waals surface area contributed by atoms with Crippen molar-refractivity contribution >= 4 is 0 Å². The highest BCUT2D eigenvalue weighted by molar-refractivity contribution is 5.40. The SMILES string of the molecule is CC(C)c1ccc(C(C)C)c(OO)c1. The maximum atomic E-state index is 8.77. The zero-order chi connectivity index (χ0) is 10.7. The maximum Gasteiger partial charge on any atom is 0.168 e. The second-order valence-corrected chi connectivity index (χ2v) is 4.20. The van der Waals surface area contributed by atoms with E-state index in [2.05, 4.69) is 38.6 Å². The van der Waals surface area contributed by atoms with Gasteiger partial charge >= 0.3 is 0 Å². The van der Waals surface area contributed by atoms with Crippen LogP contribution in [0.25, 0.3) is 0 Å². The van der Waals surface area contributed by atoms with E-state index in [0.29, 0.717) is 17.6 Å². The summed E-state index contributed by atoms with van der Waals surface area (Å²) in [4.78, 5) is 4.40. The van der Waals surface area contributed by atoms with Crippen LogP contribution in [0, 0.1) is 0 Å². The van der Waals surface area contributed by atoms with Gasteiger partial charge in [-0.1, -0.05) is 39.8 Å². The van der Waals surface area contributed by atoms with Crippen LogP contribution in [-0.2, 0) is 0 Å². The molecule has 0 heterocycles. The van der Waals surface area contributed by atoms with Crippen LogP contribution < -0.4 is 4.89 Å². The standard InChI is InChI=1S/C12H18O2/c1-8(2)10-5-6-11(9(3)4)12(7-10)14-13/h5-9,13H,1-4H3. The molecule has 0 aliphatic heterocycles. The molecular formula is C12H18O2. The lowest BCUT2D eigenvalue weighted by atomic mass is 9.96. The lowest BCUT2D eigenvalue weighted by molar-refractivity contribution is -0.138. The third-order valence-electron chi connectivity index (χ3n) is 2.42. The summed E-state index contributed by atoms with van der Waals surface area (Å²) in [6, 6.07) is 6.01. The van der Waals surface area contributed by atoms with Gasteiger partial charge in [-0.25, -0.2) is 5.26 Å². The molecule has 1 N–H and O–H groups in total. The molecule has 0 spiro atoms.